The van der Waals surface area contributed by atoms with Gasteiger partial charge in [0.1, 0.15) is 6.10 Å². The Morgan fingerprint density at radius 2 is 1.40 bits per heavy atom. The van der Waals surface area contributed by atoms with Crippen LogP contribution in [0.25, 0.3) is 0 Å². The van der Waals surface area contributed by atoms with Crippen molar-refractivity contribution in [2.75, 3.05) is 0 Å². The van der Waals surface area contributed by atoms with Gasteiger partial charge in [-0.2, -0.15) is 0 Å². The molecule has 14 nitrogen and oxygen atoms in total. The molecule has 0 amide bonds. The van der Waals surface area contributed by atoms with E-state index in [0.29, 0.717) is 19.3 Å². The molecular formula is C28H41CrO14+. The van der Waals surface area contributed by atoms with Gasteiger partial charge in [-0.1, -0.05) is 19.9 Å². The van der Waals surface area contributed by atoms with E-state index in [-0.39, 0.29) is 50.0 Å². The van der Waals surface area contributed by atoms with Crippen molar-refractivity contribution in [3.8, 4) is 0 Å². The van der Waals surface area contributed by atoms with Crippen LogP contribution in [0.5, 0.6) is 0 Å². The van der Waals surface area contributed by atoms with Gasteiger partial charge in [-0.3, -0.25) is 28.8 Å². The van der Waals surface area contributed by atoms with Gasteiger partial charge in [0.2, 0.25) is 0 Å². The number of allylic oxidation sites excluding steroid dienone is 1. The number of fused-ring (bicyclic) bond motifs is 1. The Labute approximate surface area is 254 Å². The fourth-order valence-corrected chi connectivity index (χ4v) is 6.05. The van der Waals surface area contributed by atoms with Crippen molar-refractivity contribution in [3.05, 3.63) is 11.6 Å². The predicted molar refractivity (Wildman–Crippen MR) is 140 cm³/mol. The average Bonchev–Trinajstić information content (AvgIpc) is 2.88. The SMILES string of the molecule is CC(=O)OC1C(=O)C(C(CCC(=O)O)C(=O)O)CCC1C.CC(=O)OC1C2=CCCC(C(=O)O)C2CCC1C.[H+].[O]=[Cr](=[O])=[O]. The molecule has 0 bridgehead atoms. The summed E-state index contributed by atoms with van der Waals surface area (Å²) < 4.78 is 36.0. The zero-order valence-corrected chi connectivity index (χ0v) is 25.9. The van der Waals surface area contributed by atoms with Crippen LogP contribution in [0.3, 0.4) is 0 Å². The van der Waals surface area contributed by atoms with E-state index < -0.39 is 61.6 Å². The van der Waals surface area contributed by atoms with Gasteiger partial charge >= 0.3 is 56.6 Å². The first-order valence-electron chi connectivity index (χ1n) is 14.0. The zero-order chi connectivity index (χ0) is 33.0. The Hall–Kier alpha value is -3.31. The van der Waals surface area contributed by atoms with Crippen molar-refractivity contribution in [2.45, 2.75) is 91.3 Å². The average molecular weight is 654 g/mol. The topological polar surface area (TPSA) is 233 Å². The third-order valence-corrected chi connectivity index (χ3v) is 8.02. The summed E-state index contributed by atoms with van der Waals surface area (Å²) in [4.78, 5) is 67.8. The molecule has 8 unspecified atom stereocenters. The molecule has 3 aliphatic carbocycles. The third-order valence-electron chi connectivity index (χ3n) is 8.02. The Balaban J connectivity index is 0.000000739. The number of carbonyl (C=O) groups excluding carboxylic acids is 3. The number of ketones is 1. The minimum absolute atomic E-state index is 0. The van der Waals surface area contributed by atoms with Crippen molar-refractivity contribution < 1.29 is 80.3 Å². The van der Waals surface area contributed by atoms with Crippen LogP contribution in [0, 0.1) is 35.5 Å². The molecule has 0 aromatic carbocycles. The van der Waals surface area contributed by atoms with Crippen LogP contribution >= 0.6 is 0 Å². The molecule has 15 heteroatoms. The van der Waals surface area contributed by atoms with E-state index in [1.807, 2.05) is 0 Å². The predicted octanol–water partition coefficient (Wildman–Crippen LogP) is 3.24. The van der Waals surface area contributed by atoms with Crippen LogP contribution < -0.4 is 0 Å². The molecule has 0 saturated heterocycles. The summed E-state index contributed by atoms with van der Waals surface area (Å²) in [7, 11) is 0. The Bertz CT molecular complexity index is 1190. The molecule has 0 radical (unpaired) electrons. The van der Waals surface area contributed by atoms with Crippen molar-refractivity contribution in [3.63, 3.8) is 0 Å². The van der Waals surface area contributed by atoms with E-state index in [0.717, 1.165) is 24.8 Å². The summed E-state index contributed by atoms with van der Waals surface area (Å²) >= 11 is -3.79. The van der Waals surface area contributed by atoms with E-state index >= 15 is 0 Å². The molecule has 0 aromatic rings. The quantitative estimate of drug-likeness (QED) is 0.252. The van der Waals surface area contributed by atoms with E-state index in [9.17, 15) is 39.0 Å². The Morgan fingerprint density at radius 3 is 1.88 bits per heavy atom. The van der Waals surface area contributed by atoms with Gasteiger partial charge in [0.15, 0.2) is 11.9 Å². The van der Waals surface area contributed by atoms with Crippen LogP contribution in [-0.2, 0) is 63.6 Å². The normalized spacial score (nSPS) is 28.5. The van der Waals surface area contributed by atoms with Crippen molar-refractivity contribution in [1.29, 1.82) is 0 Å². The fraction of sp³-hybridized carbons (Fsp3) is 0.714. The number of carbonyl (C=O) groups is 6. The summed E-state index contributed by atoms with van der Waals surface area (Å²) in [5.74, 6) is -6.29. The molecule has 0 aliphatic heterocycles. The van der Waals surface area contributed by atoms with Crippen LogP contribution in [0.4, 0.5) is 0 Å². The maximum atomic E-state index is 12.4. The van der Waals surface area contributed by atoms with Gasteiger partial charge in [-0.05, 0) is 62.4 Å². The monoisotopic (exact) mass is 653 g/mol. The van der Waals surface area contributed by atoms with Crippen molar-refractivity contribution in [2.24, 2.45) is 35.5 Å². The molecule has 8 atom stereocenters. The van der Waals surface area contributed by atoms with E-state index in [2.05, 4.69) is 13.0 Å². The number of hydrogen-bond acceptors (Lipinski definition) is 11. The standard InChI is InChI=1S/C14H20O7.C14H20O4.Cr.3O/c1-7-3-4-9(12(18)13(7)21-8(2)15)10(14(19)20)5-6-11(16)17;1-8-6-7-10-11(13(8)18-9(2)15)4-3-5-12(10)14(16)17;;;;/h7,9-10,13H,3-6H2,1-2H3,(H,16,17)(H,19,20);4,8,10,12-13H,3,5-7H2,1-2H3,(H,16,17);;;;/p+1. The van der Waals surface area contributed by atoms with Crippen LogP contribution in [0.2, 0.25) is 0 Å². The molecule has 3 rings (SSSR count). The Morgan fingerprint density at radius 1 is 0.884 bits per heavy atom. The molecule has 0 aromatic heterocycles. The van der Waals surface area contributed by atoms with Crippen LogP contribution in [0.15, 0.2) is 11.6 Å². The third kappa shape index (κ3) is 12.1. The number of ether oxygens (including phenoxy) is 2. The van der Waals surface area contributed by atoms with E-state index in [1.165, 1.54) is 13.8 Å². The zero-order valence-electron chi connectivity index (χ0n) is 25.6. The molecule has 0 heterocycles. The first-order chi connectivity index (χ1) is 20.0. The van der Waals surface area contributed by atoms with Gasteiger partial charge in [0.25, 0.3) is 0 Å². The maximum absolute atomic E-state index is 12.4. The summed E-state index contributed by atoms with van der Waals surface area (Å²) in [6.07, 6.45) is 4.73. The second-order valence-electron chi connectivity index (χ2n) is 11.1. The summed E-state index contributed by atoms with van der Waals surface area (Å²) in [6.45, 7) is 6.45. The summed E-state index contributed by atoms with van der Waals surface area (Å²) in [6, 6.07) is 0. The van der Waals surface area contributed by atoms with Gasteiger partial charge in [0.05, 0.1) is 11.8 Å². The summed E-state index contributed by atoms with van der Waals surface area (Å²) in [5, 5.41) is 27.2. The van der Waals surface area contributed by atoms with Gasteiger partial charge in [0, 0.05) is 32.1 Å². The van der Waals surface area contributed by atoms with Gasteiger partial charge < -0.3 is 24.8 Å². The molecule has 43 heavy (non-hydrogen) atoms. The number of Topliss-reactive ketones (excluding diaryl/α,β-unsaturated/α-hetero) is 1. The van der Waals surface area contributed by atoms with Crippen molar-refractivity contribution in [1.82, 2.24) is 0 Å². The first kappa shape index (κ1) is 37.7. The number of esters is 2. The first-order valence-corrected chi connectivity index (χ1v) is 15.6. The number of hydrogen-bond donors (Lipinski definition) is 3. The molecule has 2 fully saturated rings. The second-order valence-corrected chi connectivity index (χ2v) is 11.7. The molecule has 3 N–H and O–H groups in total. The summed E-state index contributed by atoms with van der Waals surface area (Å²) in [5.41, 5.74) is 1.04. The minimum atomic E-state index is -3.79. The number of carboxylic acid groups (broad SMARTS) is 3. The molecule has 2 saturated carbocycles. The number of aliphatic carboxylic acids is 3. The molecule has 242 valence electrons. The van der Waals surface area contributed by atoms with Gasteiger partial charge in [-0.25, -0.2) is 0 Å². The van der Waals surface area contributed by atoms with E-state index in [1.54, 1.807) is 6.92 Å². The number of carboxylic acids is 3. The molecule has 3 aliphatic rings. The fourth-order valence-electron chi connectivity index (χ4n) is 6.05. The van der Waals surface area contributed by atoms with Crippen LogP contribution in [0.1, 0.15) is 80.5 Å². The number of rotatable bonds is 8. The van der Waals surface area contributed by atoms with E-state index in [4.69, 9.17) is 26.0 Å². The van der Waals surface area contributed by atoms with Crippen molar-refractivity contribution >= 4 is 35.6 Å². The molecule has 0 spiro atoms. The Kier molecular flexibility index (Phi) is 15.5. The second kappa shape index (κ2) is 17.7. The molecular weight excluding hydrogens is 612 g/mol. The van der Waals surface area contributed by atoms with Gasteiger partial charge in [-0.15, -0.1) is 0 Å². The van der Waals surface area contributed by atoms with Crippen LogP contribution in [-0.4, -0.2) is 63.2 Å².